The molecule has 5 nitrogen and oxygen atoms in total. The van der Waals surface area contributed by atoms with Gasteiger partial charge in [-0.05, 0) is 6.07 Å². The number of hydrogen-bond acceptors (Lipinski definition) is 5. The Morgan fingerprint density at radius 1 is 1.29 bits per heavy atom. The Bertz CT molecular complexity index is 559. The van der Waals surface area contributed by atoms with Crippen LogP contribution in [-0.2, 0) is 4.74 Å². The second kappa shape index (κ2) is 9.64. The lowest BCUT2D eigenvalue weighted by molar-refractivity contribution is 0.0299. The Morgan fingerprint density at radius 3 is 2.71 bits per heavy atom. The van der Waals surface area contributed by atoms with E-state index in [0.29, 0.717) is 32.7 Å². The first-order valence-corrected chi connectivity index (χ1v) is 8.12. The van der Waals surface area contributed by atoms with E-state index in [4.69, 9.17) is 10.00 Å². The molecule has 0 spiro atoms. The fourth-order valence-electron chi connectivity index (χ4n) is 2.72. The predicted molar refractivity (Wildman–Crippen MR) is 85.2 cm³/mol. The first kappa shape index (κ1) is 18.7. The van der Waals surface area contributed by atoms with Gasteiger partial charge in [0.15, 0.2) is 0 Å². The topological polar surface area (TPSA) is 59.7 Å². The van der Waals surface area contributed by atoms with Crippen molar-refractivity contribution < 1.29 is 18.6 Å². The summed E-state index contributed by atoms with van der Waals surface area (Å²) in [4.78, 5) is 4.19. The summed E-state index contributed by atoms with van der Waals surface area (Å²) in [5.74, 6) is -1.42. The molecule has 1 N–H and O–H groups in total. The number of benzene rings is 1. The van der Waals surface area contributed by atoms with E-state index in [1.54, 1.807) is 0 Å². The van der Waals surface area contributed by atoms with Crippen molar-refractivity contribution in [2.24, 2.45) is 0 Å². The molecule has 24 heavy (non-hydrogen) atoms. The SMILES string of the molecule is N#CCCN(CCN1CCOCC1)CC(O)c1ccc(F)cc1F. The third-order valence-electron chi connectivity index (χ3n) is 4.13. The minimum absolute atomic E-state index is 0.0738. The third-order valence-corrected chi connectivity index (χ3v) is 4.13. The Morgan fingerprint density at radius 2 is 2.04 bits per heavy atom. The van der Waals surface area contributed by atoms with Crippen LogP contribution in [0.1, 0.15) is 18.1 Å². The zero-order valence-electron chi connectivity index (χ0n) is 13.6. The van der Waals surface area contributed by atoms with E-state index in [1.807, 2.05) is 4.90 Å². The highest BCUT2D eigenvalue weighted by atomic mass is 19.1. The fourth-order valence-corrected chi connectivity index (χ4v) is 2.72. The zero-order valence-corrected chi connectivity index (χ0v) is 13.6. The van der Waals surface area contributed by atoms with Crippen LogP contribution in [-0.4, -0.2) is 67.4 Å². The van der Waals surface area contributed by atoms with Gasteiger partial charge in [-0.2, -0.15) is 5.26 Å². The molecule has 1 unspecified atom stereocenters. The maximum absolute atomic E-state index is 13.8. The second-order valence-electron chi connectivity index (χ2n) is 5.84. The number of aliphatic hydroxyl groups excluding tert-OH is 1. The second-order valence-corrected chi connectivity index (χ2v) is 5.84. The van der Waals surface area contributed by atoms with Crippen LogP contribution in [0.2, 0.25) is 0 Å². The van der Waals surface area contributed by atoms with E-state index in [9.17, 15) is 13.9 Å². The molecule has 1 aliphatic heterocycles. The highest BCUT2D eigenvalue weighted by Gasteiger charge is 2.18. The Hall–Kier alpha value is -1.59. The van der Waals surface area contributed by atoms with Gasteiger partial charge in [-0.3, -0.25) is 9.80 Å². The molecular weight excluding hydrogens is 316 g/mol. The molecule has 0 bridgehead atoms. The summed E-state index contributed by atoms with van der Waals surface area (Å²) in [6, 6.07) is 5.25. The van der Waals surface area contributed by atoms with Gasteiger partial charge in [-0.1, -0.05) is 6.07 Å². The number of nitrogens with zero attached hydrogens (tertiary/aromatic N) is 3. The summed E-state index contributed by atoms with van der Waals surface area (Å²) in [6.45, 7) is 5.32. The van der Waals surface area contributed by atoms with Gasteiger partial charge in [-0.25, -0.2) is 8.78 Å². The van der Waals surface area contributed by atoms with Gasteiger partial charge in [0, 0.05) is 57.3 Å². The summed E-state index contributed by atoms with van der Waals surface area (Å²) in [5.41, 5.74) is 0.0738. The highest BCUT2D eigenvalue weighted by molar-refractivity contribution is 5.21. The van der Waals surface area contributed by atoms with Crippen molar-refractivity contribution in [1.82, 2.24) is 9.80 Å². The van der Waals surface area contributed by atoms with E-state index < -0.39 is 17.7 Å². The molecule has 1 atom stereocenters. The van der Waals surface area contributed by atoms with Crippen molar-refractivity contribution in [2.75, 3.05) is 52.5 Å². The van der Waals surface area contributed by atoms with Crippen LogP contribution in [0.15, 0.2) is 18.2 Å². The summed E-state index contributed by atoms with van der Waals surface area (Å²) < 4.78 is 32.1. The first-order chi connectivity index (χ1) is 11.6. The normalized spacial score (nSPS) is 17.0. The Labute approximate surface area is 141 Å². The maximum Gasteiger partial charge on any atom is 0.131 e. The molecule has 0 saturated carbocycles. The number of hydrogen-bond donors (Lipinski definition) is 1. The average molecular weight is 339 g/mol. The van der Waals surface area contributed by atoms with Gasteiger partial charge >= 0.3 is 0 Å². The number of nitriles is 1. The van der Waals surface area contributed by atoms with E-state index in [2.05, 4.69) is 11.0 Å². The van der Waals surface area contributed by atoms with Crippen molar-refractivity contribution in [3.8, 4) is 6.07 Å². The molecule has 0 aliphatic carbocycles. The van der Waals surface area contributed by atoms with Crippen LogP contribution < -0.4 is 0 Å². The van der Waals surface area contributed by atoms with Gasteiger partial charge in [0.1, 0.15) is 11.6 Å². The number of rotatable bonds is 8. The van der Waals surface area contributed by atoms with Crippen LogP contribution in [0.25, 0.3) is 0 Å². The van der Waals surface area contributed by atoms with E-state index in [0.717, 1.165) is 31.8 Å². The minimum atomic E-state index is -1.06. The van der Waals surface area contributed by atoms with Crippen molar-refractivity contribution in [3.05, 3.63) is 35.4 Å². The maximum atomic E-state index is 13.8. The highest BCUT2D eigenvalue weighted by Crippen LogP contribution is 2.19. The molecule has 1 aromatic carbocycles. The number of morpholine rings is 1. The first-order valence-electron chi connectivity index (χ1n) is 8.12. The largest absolute Gasteiger partial charge is 0.387 e. The quantitative estimate of drug-likeness (QED) is 0.779. The Kier molecular flexibility index (Phi) is 7.53. The molecule has 0 aromatic heterocycles. The van der Waals surface area contributed by atoms with E-state index in [-0.39, 0.29) is 12.1 Å². The number of halogens is 2. The van der Waals surface area contributed by atoms with Crippen LogP contribution in [0, 0.1) is 23.0 Å². The van der Waals surface area contributed by atoms with Crippen molar-refractivity contribution in [1.29, 1.82) is 5.26 Å². The predicted octanol–water partition coefficient (Wildman–Crippen LogP) is 1.55. The van der Waals surface area contributed by atoms with Crippen LogP contribution in [0.5, 0.6) is 0 Å². The zero-order chi connectivity index (χ0) is 17.4. The molecule has 2 rings (SSSR count). The Balaban J connectivity index is 1.92. The minimum Gasteiger partial charge on any atom is -0.387 e. The van der Waals surface area contributed by atoms with Crippen molar-refractivity contribution in [3.63, 3.8) is 0 Å². The van der Waals surface area contributed by atoms with Gasteiger partial charge in [-0.15, -0.1) is 0 Å². The van der Waals surface area contributed by atoms with Gasteiger partial charge in [0.2, 0.25) is 0 Å². The molecule has 1 saturated heterocycles. The third kappa shape index (κ3) is 5.80. The molecule has 1 aromatic rings. The van der Waals surface area contributed by atoms with E-state index >= 15 is 0 Å². The number of aliphatic hydroxyl groups is 1. The van der Waals surface area contributed by atoms with E-state index in [1.165, 1.54) is 6.07 Å². The lowest BCUT2D eigenvalue weighted by Gasteiger charge is -2.30. The molecule has 1 heterocycles. The molecule has 132 valence electrons. The van der Waals surface area contributed by atoms with Crippen molar-refractivity contribution in [2.45, 2.75) is 12.5 Å². The summed E-state index contributed by atoms with van der Waals surface area (Å²) >= 11 is 0. The van der Waals surface area contributed by atoms with Crippen LogP contribution in [0.3, 0.4) is 0 Å². The fraction of sp³-hybridized carbons (Fsp3) is 0.588. The molecule has 7 heteroatoms. The molecule has 0 amide bonds. The van der Waals surface area contributed by atoms with Gasteiger partial charge < -0.3 is 9.84 Å². The number of ether oxygens (including phenoxy) is 1. The standard InChI is InChI=1S/C17H23F2N3O2/c18-14-2-3-15(16(19)12-14)17(23)13-22(5-1-4-20)7-6-21-8-10-24-11-9-21/h2-3,12,17,23H,1,5-11,13H2. The molecule has 0 radical (unpaired) electrons. The lowest BCUT2D eigenvalue weighted by atomic mass is 10.1. The van der Waals surface area contributed by atoms with Crippen LogP contribution >= 0.6 is 0 Å². The smallest absolute Gasteiger partial charge is 0.131 e. The summed E-state index contributed by atoms with van der Waals surface area (Å²) in [7, 11) is 0. The van der Waals surface area contributed by atoms with Crippen molar-refractivity contribution >= 4 is 0 Å². The van der Waals surface area contributed by atoms with Gasteiger partial charge in [0.05, 0.1) is 25.4 Å². The summed E-state index contributed by atoms with van der Waals surface area (Å²) in [6.07, 6.45) is -0.726. The average Bonchev–Trinajstić information content (AvgIpc) is 2.58. The lowest BCUT2D eigenvalue weighted by Crippen LogP contribution is -2.42. The summed E-state index contributed by atoms with van der Waals surface area (Å²) in [5, 5.41) is 19.1. The molecular formula is C17H23F2N3O2. The van der Waals surface area contributed by atoms with Gasteiger partial charge in [0.25, 0.3) is 0 Å². The monoisotopic (exact) mass is 339 g/mol. The van der Waals surface area contributed by atoms with Crippen LogP contribution in [0.4, 0.5) is 8.78 Å². The molecule has 1 aliphatic rings. The molecule has 1 fully saturated rings.